The molecule has 1 aromatic carbocycles. The van der Waals surface area contributed by atoms with Crippen molar-refractivity contribution in [3.63, 3.8) is 0 Å². The molecule has 0 saturated heterocycles. The summed E-state index contributed by atoms with van der Waals surface area (Å²) >= 11 is 1.67. The van der Waals surface area contributed by atoms with Crippen molar-refractivity contribution in [2.24, 2.45) is 0 Å². The number of carboxylic acids is 1. The first-order valence-corrected chi connectivity index (χ1v) is 7.58. The van der Waals surface area contributed by atoms with E-state index in [-0.39, 0.29) is 5.69 Å². The van der Waals surface area contributed by atoms with E-state index in [1.807, 2.05) is 19.2 Å². The third kappa shape index (κ3) is 1.86. The number of nitrogens with one attached hydrogen (secondary N) is 1. The number of pyridine rings is 1. The summed E-state index contributed by atoms with van der Waals surface area (Å²) in [6, 6.07) is 6.18. The molecule has 0 unspecified atom stereocenters. The van der Waals surface area contributed by atoms with E-state index < -0.39 is 5.97 Å². The number of aromatic nitrogens is 2. The van der Waals surface area contributed by atoms with E-state index in [4.69, 9.17) is 0 Å². The number of carbonyl (C=O) groups is 1. The van der Waals surface area contributed by atoms with Crippen molar-refractivity contribution in [2.45, 2.75) is 18.2 Å². The molecule has 102 valence electrons. The number of aryl methyl sites for hydroxylation is 1. The summed E-state index contributed by atoms with van der Waals surface area (Å²) in [5.74, 6) is -0.973. The predicted molar refractivity (Wildman–Crippen MR) is 81.7 cm³/mol. The van der Waals surface area contributed by atoms with Crippen LogP contribution in [-0.2, 0) is 6.42 Å². The molecule has 2 aromatic heterocycles. The molecule has 4 nitrogen and oxygen atoms in total. The molecule has 3 aromatic rings. The Morgan fingerprint density at radius 2 is 2.20 bits per heavy atom. The summed E-state index contributed by atoms with van der Waals surface area (Å²) in [6.45, 7) is 1.96. The number of fused-ring (bicyclic) bond motifs is 3. The highest BCUT2D eigenvalue weighted by Crippen LogP contribution is 2.32. The molecular formula is C15H14N2O2S. The maximum atomic E-state index is 11.3. The van der Waals surface area contributed by atoms with E-state index in [2.05, 4.69) is 22.1 Å². The van der Waals surface area contributed by atoms with Gasteiger partial charge in [0, 0.05) is 21.2 Å². The molecule has 0 spiro atoms. The fraction of sp³-hybridized carbons (Fsp3) is 0.200. The van der Waals surface area contributed by atoms with Crippen LogP contribution in [0.25, 0.3) is 21.8 Å². The maximum absolute atomic E-state index is 11.3. The predicted octanol–water partition coefficient (Wildman–Crippen LogP) is 3.70. The van der Waals surface area contributed by atoms with Gasteiger partial charge in [-0.2, -0.15) is 0 Å². The van der Waals surface area contributed by atoms with E-state index in [1.165, 1.54) is 0 Å². The monoisotopic (exact) mass is 286 g/mol. The number of hydrogen-bond donors (Lipinski definition) is 2. The van der Waals surface area contributed by atoms with E-state index in [0.717, 1.165) is 32.3 Å². The fourth-order valence-corrected chi connectivity index (χ4v) is 3.03. The normalized spacial score (nSPS) is 11.3. The average Bonchev–Trinajstić information content (AvgIpc) is 2.83. The van der Waals surface area contributed by atoms with Gasteiger partial charge in [0.15, 0.2) is 5.69 Å². The number of aromatic amines is 1. The van der Waals surface area contributed by atoms with Crippen LogP contribution in [-0.4, -0.2) is 27.3 Å². The molecule has 5 heteroatoms. The van der Waals surface area contributed by atoms with E-state index in [0.29, 0.717) is 6.42 Å². The van der Waals surface area contributed by atoms with Crippen LogP contribution in [0.3, 0.4) is 0 Å². The lowest BCUT2D eigenvalue weighted by Gasteiger charge is -2.05. The second-order valence-electron chi connectivity index (χ2n) is 4.57. The smallest absolute Gasteiger partial charge is 0.354 e. The molecule has 0 aliphatic rings. The van der Waals surface area contributed by atoms with Gasteiger partial charge in [0.25, 0.3) is 0 Å². The van der Waals surface area contributed by atoms with Crippen molar-refractivity contribution in [1.29, 1.82) is 0 Å². The Morgan fingerprint density at radius 1 is 1.40 bits per heavy atom. The molecule has 0 fully saturated rings. The molecular weight excluding hydrogens is 272 g/mol. The highest BCUT2D eigenvalue weighted by molar-refractivity contribution is 7.98. The van der Waals surface area contributed by atoms with E-state index in [1.54, 1.807) is 18.0 Å². The van der Waals surface area contributed by atoms with Crippen LogP contribution in [0.2, 0.25) is 0 Å². The van der Waals surface area contributed by atoms with Crippen molar-refractivity contribution in [3.8, 4) is 0 Å². The molecule has 3 rings (SSSR count). The zero-order chi connectivity index (χ0) is 14.3. The first kappa shape index (κ1) is 13.0. The standard InChI is InChI=1S/C15H14N2O2S/c1-3-9-13-10-6-8(20-2)4-5-11(10)17-12(13)7-16-14(9)15(18)19/h4-7,17H,3H2,1-2H3,(H,18,19). The highest BCUT2D eigenvalue weighted by atomic mass is 32.2. The van der Waals surface area contributed by atoms with Gasteiger partial charge >= 0.3 is 5.97 Å². The van der Waals surface area contributed by atoms with Crippen molar-refractivity contribution < 1.29 is 9.90 Å². The molecule has 0 radical (unpaired) electrons. The van der Waals surface area contributed by atoms with Gasteiger partial charge in [-0.1, -0.05) is 6.92 Å². The van der Waals surface area contributed by atoms with E-state index >= 15 is 0 Å². The third-order valence-corrected chi connectivity index (χ3v) is 4.23. The number of thioether (sulfide) groups is 1. The molecule has 0 amide bonds. The number of carboxylic acid groups (broad SMARTS) is 1. The molecule has 0 aliphatic heterocycles. The second-order valence-corrected chi connectivity index (χ2v) is 5.45. The van der Waals surface area contributed by atoms with Crippen molar-refractivity contribution in [1.82, 2.24) is 9.97 Å². The van der Waals surface area contributed by atoms with Gasteiger partial charge in [0.05, 0.1) is 11.7 Å². The summed E-state index contributed by atoms with van der Waals surface area (Å²) in [5.41, 5.74) is 2.84. The number of aromatic carboxylic acids is 1. The Morgan fingerprint density at radius 3 is 2.85 bits per heavy atom. The van der Waals surface area contributed by atoms with Crippen LogP contribution >= 0.6 is 11.8 Å². The number of nitrogens with zero attached hydrogens (tertiary/aromatic N) is 1. The van der Waals surface area contributed by atoms with Gasteiger partial charge in [0.1, 0.15) is 0 Å². The van der Waals surface area contributed by atoms with Crippen LogP contribution in [0.15, 0.2) is 29.3 Å². The molecule has 0 atom stereocenters. The SMILES string of the molecule is CCc1c(C(=O)O)ncc2[nH]c3ccc(SC)cc3c12. The lowest BCUT2D eigenvalue weighted by Crippen LogP contribution is -2.05. The number of rotatable bonds is 3. The molecule has 0 saturated carbocycles. The van der Waals surface area contributed by atoms with Crippen LogP contribution in [0.4, 0.5) is 0 Å². The molecule has 2 heterocycles. The summed E-state index contributed by atoms with van der Waals surface area (Å²) in [7, 11) is 0. The Hall–Kier alpha value is -2.01. The summed E-state index contributed by atoms with van der Waals surface area (Å²) in [6.07, 6.45) is 4.28. The van der Waals surface area contributed by atoms with Crippen molar-refractivity contribution >= 4 is 39.5 Å². The Bertz CT molecular complexity index is 823. The Balaban J connectivity index is 2.46. The molecule has 2 N–H and O–H groups in total. The summed E-state index contributed by atoms with van der Waals surface area (Å²) in [5, 5.41) is 11.3. The van der Waals surface area contributed by atoms with Gasteiger partial charge < -0.3 is 10.1 Å². The zero-order valence-corrected chi connectivity index (χ0v) is 12.0. The van der Waals surface area contributed by atoms with Crippen LogP contribution in [0, 0.1) is 0 Å². The van der Waals surface area contributed by atoms with Crippen LogP contribution in [0.5, 0.6) is 0 Å². The van der Waals surface area contributed by atoms with Gasteiger partial charge in [-0.25, -0.2) is 9.78 Å². The number of hydrogen-bond acceptors (Lipinski definition) is 3. The Labute approximate surface area is 120 Å². The third-order valence-electron chi connectivity index (χ3n) is 3.50. The lowest BCUT2D eigenvalue weighted by atomic mass is 10.0. The fourth-order valence-electron chi connectivity index (χ4n) is 2.59. The second kappa shape index (κ2) is 4.83. The van der Waals surface area contributed by atoms with Gasteiger partial charge in [-0.3, -0.25) is 0 Å². The first-order valence-electron chi connectivity index (χ1n) is 6.36. The zero-order valence-electron chi connectivity index (χ0n) is 11.2. The van der Waals surface area contributed by atoms with Crippen LogP contribution < -0.4 is 0 Å². The van der Waals surface area contributed by atoms with Gasteiger partial charge in [0.2, 0.25) is 0 Å². The largest absolute Gasteiger partial charge is 0.477 e. The molecule has 20 heavy (non-hydrogen) atoms. The van der Waals surface area contributed by atoms with Gasteiger partial charge in [-0.05, 0) is 36.4 Å². The molecule has 0 bridgehead atoms. The highest BCUT2D eigenvalue weighted by Gasteiger charge is 2.17. The minimum Gasteiger partial charge on any atom is -0.477 e. The minimum absolute atomic E-state index is 0.149. The number of H-pyrrole nitrogens is 1. The maximum Gasteiger partial charge on any atom is 0.354 e. The topological polar surface area (TPSA) is 66.0 Å². The summed E-state index contributed by atoms with van der Waals surface area (Å²) < 4.78 is 0. The molecule has 0 aliphatic carbocycles. The van der Waals surface area contributed by atoms with Crippen molar-refractivity contribution in [3.05, 3.63) is 35.7 Å². The first-order chi connectivity index (χ1) is 9.65. The summed E-state index contributed by atoms with van der Waals surface area (Å²) in [4.78, 5) is 19.9. The average molecular weight is 286 g/mol. The van der Waals surface area contributed by atoms with Crippen LogP contribution in [0.1, 0.15) is 23.0 Å². The van der Waals surface area contributed by atoms with Gasteiger partial charge in [-0.15, -0.1) is 11.8 Å². The lowest BCUT2D eigenvalue weighted by molar-refractivity contribution is 0.0689. The Kier molecular flexibility index (Phi) is 3.14. The number of benzene rings is 1. The quantitative estimate of drug-likeness (QED) is 0.720. The van der Waals surface area contributed by atoms with Crippen molar-refractivity contribution in [2.75, 3.05) is 6.26 Å². The minimum atomic E-state index is -0.973. The van der Waals surface area contributed by atoms with E-state index in [9.17, 15) is 9.90 Å².